The molecular weight excluding hydrogens is 522 g/mol. The third kappa shape index (κ3) is 6.63. The van der Waals surface area contributed by atoms with E-state index in [0.29, 0.717) is 18.4 Å². The lowest BCUT2D eigenvalue weighted by Gasteiger charge is -2.56. The van der Waals surface area contributed by atoms with Crippen LogP contribution in [0.1, 0.15) is 69.8 Å². The van der Waals surface area contributed by atoms with Crippen molar-refractivity contribution in [2.45, 2.75) is 96.7 Å². The van der Waals surface area contributed by atoms with Crippen molar-refractivity contribution in [3.05, 3.63) is 34.5 Å². The maximum atomic E-state index is 14.1. The highest BCUT2D eigenvalue weighted by atomic mass is 16.6. The van der Waals surface area contributed by atoms with Gasteiger partial charge in [-0.25, -0.2) is 9.59 Å². The van der Waals surface area contributed by atoms with Crippen LogP contribution in [0.4, 0.5) is 0 Å². The first-order valence-electron chi connectivity index (χ1n) is 13.7. The van der Waals surface area contributed by atoms with Gasteiger partial charge in [0, 0.05) is 12.8 Å². The Hall–Kier alpha value is -3.06. The Balaban J connectivity index is 1.87. The normalized spacial score (nSPS) is 28.0. The summed E-state index contributed by atoms with van der Waals surface area (Å²) < 4.78 is 9.97. The van der Waals surface area contributed by atoms with Crippen LogP contribution in [0.25, 0.3) is 0 Å². The van der Waals surface area contributed by atoms with Gasteiger partial charge in [0.1, 0.15) is 42.2 Å². The van der Waals surface area contributed by atoms with E-state index in [-0.39, 0.29) is 36.2 Å². The van der Waals surface area contributed by atoms with E-state index < -0.39 is 71.2 Å². The van der Waals surface area contributed by atoms with Crippen molar-refractivity contribution in [1.82, 2.24) is 5.32 Å². The first kappa shape index (κ1) is 31.5. The number of hydrogen-bond donors (Lipinski definition) is 4. The van der Waals surface area contributed by atoms with Gasteiger partial charge in [-0.1, -0.05) is 39.8 Å². The van der Waals surface area contributed by atoms with E-state index in [4.69, 9.17) is 15.2 Å². The summed E-state index contributed by atoms with van der Waals surface area (Å²) in [4.78, 5) is 50.8. The number of esters is 1. The van der Waals surface area contributed by atoms with Crippen LogP contribution in [0.15, 0.2) is 18.2 Å². The second kappa shape index (κ2) is 12.6. The van der Waals surface area contributed by atoms with E-state index in [2.05, 4.69) is 5.32 Å². The summed E-state index contributed by atoms with van der Waals surface area (Å²) in [5, 5.41) is 38.0. The predicted octanol–water partition coefficient (Wildman–Crippen LogP) is 1.28. The number of rotatable bonds is 10. The summed E-state index contributed by atoms with van der Waals surface area (Å²) in [5.41, 5.74) is 6.06. The van der Waals surface area contributed by atoms with Gasteiger partial charge < -0.3 is 35.9 Å². The molecule has 0 aromatic heterocycles. The number of aliphatic hydroxyl groups is 1. The van der Waals surface area contributed by atoms with E-state index in [9.17, 15) is 34.6 Å². The number of quaternary nitrogens is 1. The number of primary amides is 1. The number of ether oxygens (including phenoxy) is 2. The first-order chi connectivity index (χ1) is 18.7. The molecule has 3 rings (SSSR count). The third-order valence-electron chi connectivity index (χ3n) is 7.64. The third-order valence-corrected chi connectivity index (χ3v) is 7.64. The van der Waals surface area contributed by atoms with E-state index in [1.54, 1.807) is 12.1 Å². The van der Waals surface area contributed by atoms with Crippen LogP contribution >= 0.6 is 0 Å². The predicted molar refractivity (Wildman–Crippen MR) is 143 cm³/mol. The maximum absolute atomic E-state index is 14.1. The zero-order chi connectivity index (χ0) is 29.9. The Morgan fingerprint density at radius 3 is 2.45 bits per heavy atom. The van der Waals surface area contributed by atoms with Gasteiger partial charge in [-0.3, -0.25) is 14.2 Å². The largest absolute Gasteiger partial charge is 0.625 e. The minimum Gasteiger partial charge on any atom is -0.625 e. The fraction of sp³-hybridized carbons (Fsp3) is 0.643. The topological polar surface area (TPSA) is 188 Å². The lowest BCUT2D eigenvalue weighted by atomic mass is 9.89. The standard InChI is InChI=1S/C28H41N3O9/c1-14(2)9-18-13-39-26(20(12-23(29)34)31(18,38)16(5)32)25(35)27(36)30-19(10-15(3)4)22-11-17-7-6-8-21(33)24(17)28(37)40-22/h6-8,14-15,18-20,22,25-26,33,35H,9-13H2,1-5H3,(H2,29,34)(H,30,36)/t18-,19+,20-,22+,25+,26+,31?/m1/s1. The first-order valence-corrected chi connectivity index (χ1v) is 13.7. The van der Waals surface area contributed by atoms with Crippen LogP contribution in [-0.2, 0) is 30.3 Å². The molecule has 222 valence electrons. The van der Waals surface area contributed by atoms with Crippen LogP contribution in [-0.4, -0.2) is 81.6 Å². The molecule has 1 unspecified atom stereocenters. The van der Waals surface area contributed by atoms with Gasteiger partial charge in [-0.15, -0.1) is 0 Å². The number of phenolic OH excluding ortho intramolecular Hbond substituents is 1. The second-order valence-electron chi connectivity index (χ2n) is 11.7. The average molecular weight is 564 g/mol. The van der Waals surface area contributed by atoms with Gasteiger partial charge in [-0.2, -0.15) is 0 Å². The summed E-state index contributed by atoms with van der Waals surface area (Å²) in [6, 6.07) is 1.69. The number of carbonyl (C=O) groups is 4. The smallest absolute Gasteiger partial charge is 0.342 e. The van der Waals surface area contributed by atoms with Crippen LogP contribution in [0.5, 0.6) is 5.75 Å². The Kier molecular flexibility index (Phi) is 9.94. The van der Waals surface area contributed by atoms with Crippen LogP contribution in [0.2, 0.25) is 0 Å². The van der Waals surface area contributed by atoms with Gasteiger partial charge in [-0.05, 0) is 29.9 Å². The van der Waals surface area contributed by atoms with Crippen molar-refractivity contribution in [1.29, 1.82) is 0 Å². The summed E-state index contributed by atoms with van der Waals surface area (Å²) in [7, 11) is 0. The fourth-order valence-corrected chi connectivity index (χ4v) is 5.85. The number of fused-ring (bicyclic) bond motifs is 1. The lowest BCUT2D eigenvalue weighted by molar-refractivity contribution is -0.872. The average Bonchev–Trinajstić information content (AvgIpc) is 2.84. The minimum absolute atomic E-state index is 0.0421. The molecule has 3 amide bonds. The highest BCUT2D eigenvalue weighted by molar-refractivity contribution is 5.95. The summed E-state index contributed by atoms with van der Waals surface area (Å²) >= 11 is 0. The lowest BCUT2D eigenvalue weighted by Crippen LogP contribution is -2.72. The number of phenols is 1. The van der Waals surface area contributed by atoms with Crippen LogP contribution < -0.4 is 11.1 Å². The summed E-state index contributed by atoms with van der Waals surface area (Å²) in [6.45, 7) is 8.52. The molecule has 12 nitrogen and oxygen atoms in total. The van der Waals surface area contributed by atoms with Crippen molar-refractivity contribution in [3.8, 4) is 5.75 Å². The van der Waals surface area contributed by atoms with Gasteiger partial charge in [0.25, 0.3) is 5.91 Å². The fourth-order valence-electron chi connectivity index (χ4n) is 5.85. The molecule has 0 bridgehead atoms. The number of cyclic esters (lactones) is 1. The number of aromatic hydroxyl groups is 1. The molecule has 2 aliphatic heterocycles. The van der Waals surface area contributed by atoms with E-state index in [0.717, 1.165) is 6.92 Å². The molecule has 2 aliphatic rings. The molecule has 40 heavy (non-hydrogen) atoms. The van der Waals surface area contributed by atoms with Crippen molar-refractivity contribution >= 4 is 23.7 Å². The Morgan fingerprint density at radius 1 is 1.20 bits per heavy atom. The molecule has 0 aliphatic carbocycles. The minimum atomic E-state index is -1.92. The van der Waals surface area contributed by atoms with E-state index in [1.807, 2.05) is 27.7 Å². The number of morpholine rings is 1. The van der Waals surface area contributed by atoms with Crippen molar-refractivity contribution < 1.29 is 43.5 Å². The number of hydroxylamine groups is 3. The molecule has 2 heterocycles. The number of aliphatic hydroxyl groups excluding tert-OH is 1. The van der Waals surface area contributed by atoms with E-state index in [1.165, 1.54) is 6.07 Å². The van der Waals surface area contributed by atoms with Crippen LogP contribution in [0, 0.1) is 17.0 Å². The van der Waals surface area contributed by atoms with Crippen molar-refractivity contribution in [3.63, 3.8) is 0 Å². The molecule has 1 saturated heterocycles. The zero-order valence-electron chi connectivity index (χ0n) is 23.7. The number of amides is 3. The molecule has 12 heteroatoms. The van der Waals surface area contributed by atoms with Gasteiger partial charge in [0.2, 0.25) is 5.91 Å². The number of nitrogens with one attached hydrogen (secondary N) is 1. The van der Waals surface area contributed by atoms with Gasteiger partial charge >= 0.3 is 11.9 Å². The molecule has 7 atom stereocenters. The molecular formula is C28H41N3O9. The number of carbonyl (C=O) groups excluding carboxylic acids is 4. The number of hydrogen-bond acceptors (Lipinski definition) is 9. The molecule has 0 spiro atoms. The summed E-state index contributed by atoms with van der Waals surface area (Å²) in [6.07, 6.45) is -3.84. The second-order valence-corrected chi connectivity index (χ2v) is 11.7. The van der Waals surface area contributed by atoms with Gasteiger partial charge in [0.05, 0.1) is 19.4 Å². The molecule has 0 saturated carbocycles. The zero-order valence-corrected chi connectivity index (χ0v) is 23.7. The Morgan fingerprint density at radius 2 is 1.88 bits per heavy atom. The SMILES string of the molecule is CC(=O)[N+]1([O-])[C@H](CC(C)C)CO[C@H]([C@H](O)C(=O)N[C@@H](CC(C)C)[C@@H]2Cc3cccc(O)c3C(=O)O2)[C@H]1CC(N)=O. The molecule has 5 N–H and O–H groups in total. The monoisotopic (exact) mass is 563 g/mol. The molecule has 1 fully saturated rings. The number of benzene rings is 1. The van der Waals surface area contributed by atoms with Gasteiger partial charge in [0.15, 0.2) is 6.10 Å². The number of nitrogens with two attached hydrogens (primary N) is 1. The highest BCUT2D eigenvalue weighted by Crippen LogP contribution is 2.35. The van der Waals surface area contributed by atoms with Crippen molar-refractivity contribution in [2.24, 2.45) is 17.6 Å². The molecule has 1 aromatic rings. The Labute approximate surface area is 234 Å². The number of nitrogens with zero attached hydrogens (tertiary/aromatic N) is 1. The van der Waals surface area contributed by atoms with E-state index >= 15 is 0 Å². The Bertz CT molecular complexity index is 1120. The highest BCUT2D eigenvalue weighted by Gasteiger charge is 2.54. The van der Waals surface area contributed by atoms with Crippen LogP contribution in [0.3, 0.4) is 0 Å². The maximum Gasteiger partial charge on any atom is 0.342 e. The van der Waals surface area contributed by atoms with Crippen molar-refractivity contribution in [2.75, 3.05) is 6.61 Å². The summed E-state index contributed by atoms with van der Waals surface area (Å²) in [5.74, 6) is -3.37. The molecule has 0 radical (unpaired) electrons. The quantitative estimate of drug-likeness (QED) is 0.185. The molecule has 1 aromatic carbocycles.